The van der Waals surface area contributed by atoms with E-state index in [1.54, 1.807) is 0 Å². The number of hydrogen-bond donors (Lipinski definition) is 1. The first-order chi connectivity index (χ1) is 8.84. The fraction of sp³-hybridized carbons (Fsp3) is 0.333. The van der Waals surface area contributed by atoms with Crippen molar-refractivity contribution in [2.24, 2.45) is 5.41 Å². The number of allylic oxidation sites excluding steroid dienone is 1. The zero-order valence-electron chi connectivity index (χ0n) is 11.0. The highest BCUT2D eigenvalue weighted by Crippen LogP contribution is 2.47. The first kappa shape index (κ1) is 12.0. The lowest BCUT2D eigenvalue weighted by Gasteiger charge is -2.25. The van der Waals surface area contributed by atoms with Gasteiger partial charge in [0.2, 0.25) is 5.78 Å². The molecule has 1 atom stereocenters. The van der Waals surface area contributed by atoms with Crippen LogP contribution < -0.4 is 0 Å². The van der Waals surface area contributed by atoms with Gasteiger partial charge in [-0.1, -0.05) is 13.8 Å². The van der Waals surface area contributed by atoms with Crippen LogP contribution in [-0.4, -0.2) is 22.8 Å². The lowest BCUT2D eigenvalue weighted by Crippen LogP contribution is -2.29. The van der Waals surface area contributed by atoms with Crippen LogP contribution >= 0.6 is 0 Å². The molecule has 0 unspecified atom stereocenters. The molecule has 0 saturated carbocycles. The third kappa shape index (κ3) is 1.40. The van der Waals surface area contributed by atoms with Crippen LogP contribution in [0.5, 0.6) is 5.75 Å². The van der Waals surface area contributed by atoms with Crippen molar-refractivity contribution in [3.8, 4) is 5.75 Å². The molecule has 0 saturated heterocycles. The summed E-state index contributed by atoms with van der Waals surface area (Å²) in [7, 11) is 0. The van der Waals surface area contributed by atoms with Crippen LogP contribution in [0.3, 0.4) is 0 Å². The Bertz CT molecular complexity index is 652. The second-order valence-electron chi connectivity index (χ2n) is 5.57. The van der Waals surface area contributed by atoms with Gasteiger partial charge >= 0.3 is 0 Å². The molecule has 1 aromatic carbocycles. The van der Waals surface area contributed by atoms with Crippen molar-refractivity contribution < 1.29 is 19.4 Å². The first-order valence-electron chi connectivity index (χ1n) is 6.18. The fourth-order valence-corrected chi connectivity index (χ4v) is 2.62. The van der Waals surface area contributed by atoms with Crippen LogP contribution in [0.4, 0.5) is 0 Å². The third-order valence-electron chi connectivity index (χ3n) is 4.11. The minimum absolute atomic E-state index is 0.0197. The van der Waals surface area contributed by atoms with Crippen molar-refractivity contribution in [2.75, 3.05) is 0 Å². The first-order valence-corrected chi connectivity index (χ1v) is 6.18. The molecule has 0 aromatic heterocycles. The van der Waals surface area contributed by atoms with Crippen LogP contribution in [0.2, 0.25) is 0 Å². The van der Waals surface area contributed by atoms with E-state index in [9.17, 15) is 14.7 Å². The van der Waals surface area contributed by atoms with Crippen LogP contribution in [0.1, 0.15) is 41.5 Å². The van der Waals surface area contributed by atoms with Crippen LogP contribution in [0.25, 0.3) is 0 Å². The number of phenolic OH excluding ortho intramolecular Hbond substituents is 1. The molecule has 3 rings (SSSR count). The number of carbonyl (C=O) groups excluding carboxylic acids is 2. The van der Waals surface area contributed by atoms with E-state index in [1.165, 1.54) is 18.2 Å². The van der Waals surface area contributed by atoms with E-state index in [2.05, 4.69) is 0 Å². The maximum absolute atomic E-state index is 12.6. The van der Waals surface area contributed by atoms with Crippen molar-refractivity contribution in [2.45, 2.75) is 26.9 Å². The quantitative estimate of drug-likeness (QED) is 0.776. The van der Waals surface area contributed by atoms with Gasteiger partial charge in [0, 0.05) is 16.5 Å². The van der Waals surface area contributed by atoms with E-state index in [1.807, 2.05) is 20.8 Å². The van der Waals surface area contributed by atoms with E-state index in [-0.39, 0.29) is 34.7 Å². The van der Waals surface area contributed by atoms with Crippen molar-refractivity contribution in [3.05, 3.63) is 40.7 Å². The number of ether oxygens (including phenoxy) is 1. The van der Waals surface area contributed by atoms with Gasteiger partial charge in [-0.3, -0.25) is 9.59 Å². The molecule has 2 aliphatic rings. The smallest absolute Gasteiger partial charge is 0.228 e. The molecule has 1 N–H and O–H groups in total. The molecule has 1 aliphatic carbocycles. The molecule has 4 heteroatoms. The Balaban J connectivity index is 2.26. The molecule has 0 bridgehead atoms. The summed E-state index contributed by atoms with van der Waals surface area (Å²) in [6.07, 6.45) is -0.228. The van der Waals surface area contributed by atoms with Gasteiger partial charge in [0.1, 0.15) is 11.9 Å². The number of ketones is 2. The summed E-state index contributed by atoms with van der Waals surface area (Å²) in [6.45, 7) is 5.62. The second kappa shape index (κ2) is 3.47. The van der Waals surface area contributed by atoms with E-state index in [0.717, 1.165) is 0 Å². The molecule has 1 aromatic rings. The summed E-state index contributed by atoms with van der Waals surface area (Å²) < 4.78 is 5.60. The van der Waals surface area contributed by atoms with Crippen molar-refractivity contribution in [1.82, 2.24) is 0 Å². The van der Waals surface area contributed by atoms with Gasteiger partial charge < -0.3 is 9.84 Å². The van der Waals surface area contributed by atoms with Crippen molar-refractivity contribution >= 4 is 11.6 Å². The maximum atomic E-state index is 12.6. The topological polar surface area (TPSA) is 63.6 Å². The third-order valence-corrected chi connectivity index (χ3v) is 4.11. The van der Waals surface area contributed by atoms with Gasteiger partial charge in [-0.25, -0.2) is 0 Å². The monoisotopic (exact) mass is 258 g/mol. The Kier molecular flexibility index (Phi) is 2.18. The molecule has 98 valence electrons. The molecule has 0 spiro atoms. The van der Waals surface area contributed by atoms with Gasteiger partial charge in [-0.05, 0) is 25.1 Å². The molecule has 0 radical (unpaired) electrons. The molecular formula is C15H14O4. The molecule has 1 aliphatic heterocycles. The van der Waals surface area contributed by atoms with Gasteiger partial charge in [-0.15, -0.1) is 0 Å². The van der Waals surface area contributed by atoms with Crippen LogP contribution in [0, 0.1) is 5.41 Å². The zero-order valence-corrected chi connectivity index (χ0v) is 11.0. The van der Waals surface area contributed by atoms with E-state index < -0.39 is 5.41 Å². The number of aromatic hydroxyl groups is 1. The Hall–Kier alpha value is -2.10. The highest BCUT2D eigenvalue weighted by atomic mass is 16.5. The fourth-order valence-electron chi connectivity index (χ4n) is 2.62. The lowest BCUT2D eigenvalue weighted by atomic mass is 9.74. The largest absolute Gasteiger partial charge is 0.508 e. The summed E-state index contributed by atoms with van der Waals surface area (Å²) in [4.78, 5) is 24.9. The minimum Gasteiger partial charge on any atom is -0.508 e. The Morgan fingerprint density at radius 3 is 2.53 bits per heavy atom. The van der Waals surface area contributed by atoms with Gasteiger partial charge in [0.05, 0.1) is 5.57 Å². The average Bonchev–Trinajstić information content (AvgIpc) is 2.58. The molecule has 1 heterocycles. The Morgan fingerprint density at radius 2 is 1.84 bits per heavy atom. The summed E-state index contributed by atoms with van der Waals surface area (Å²) in [6, 6.07) is 4.21. The SMILES string of the molecule is C[C@@H]1OC2=C(C(=O)c3cc(O)ccc3C2=O)C1(C)C. The Labute approximate surface area is 110 Å². The Morgan fingerprint density at radius 1 is 1.16 bits per heavy atom. The highest BCUT2D eigenvalue weighted by molar-refractivity contribution is 6.27. The maximum Gasteiger partial charge on any atom is 0.228 e. The molecule has 4 nitrogen and oxygen atoms in total. The predicted octanol–water partition coefficient (Wildman–Crippen LogP) is 2.47. The number of Topliss-reactive ketones (excluding diaryl/α,β-unsaturated/α-hetero) is 2. The predicted molar refractivity (Wildman–Crippen MR) is 68.1 cm³/mol. The van der Waals surface area contributed by atoms with Gasteiger partial charge in [0.15, 0.2) is 11.5 Å². The molecular weight excluding hydrogens is 244 g/mol. The van der Waals surface area contributed by atoms with E-state index in [0.29, 0.717) is 11.1 Å². The van der Waals surface area contributed by atoms with Crippen LogP contribution in [0.15, 0.2) is 29.5 Å². The number of phenols is 1. The summed E-state index contributed by atoms with van der Waals surface area (Å²) in [5.41, 5.74) is 0.467. The van der Waals surface area contributed by atoms with Crippen molar-refractivity contribution in [3.63, 3.8) is 0 Å². The van der Waals surface area contributed by atoms with E-state index >= 15 is 0 Å². The standard InChI is InChI=1S/C15H14O4/c1-7-15(2,3)11-12(17)10-6-8(16)4-5-9(10)13(18)14(11)19-7/h4-7,16H,1-3H3/t7-/m0/s1. The summed E-state index contributed by atoms with van der Waals surface area (Å²) >= 11 is 0. The summed E-state index contributed by atoms with van der Waals surface area (Å²) in [5.74, 6) is -0.355. The van der Waals surface area contributed by atoms with Gasteiger partial charge in [0.25, 0.3) is 0 Å². The van der Waals surface area contributed by atoms with Gasteiger partial charge in [-0.2, -0.15) is 0 Å². The molecule has 0 fully saturated rings. The summed E-state index contributed by atoms with van der Waals surface area (Å²) in [5, 5.41) is 9.50. The number of fused-ring (bicyclic) bond motifs is 1. The number of hydrogen-bond acceptors (Lipinski definition) is 4. The second-order valence-corrected chi connectivity index (χ2v) is 5.57. The van der Waals surface area contributed by atoms with Crippen LogP contribution in [-0.2, 0) is 4.74 Å². The zero-order chi connectivity index (χ0) is 13.9. The number of rotatable bonds is 0. The van der Waals surface area contributed by atoms with E-state index in [4.69, 9.17) is 4.74 Å². The molecule has 19 heavy (non-hydrogen) atoms. The highest BCUT2D eigenvalue weighted by Gasteiger charge is 2.49. The van der Waals surface area contributed by atoms with Crippen molar-refractivity contribution in [1.29, 1.82) is 0 Å². The number of benzene rings is 1. The minimum atomic E-state index is -0.509. The molecule has 0 amide bonds. The number of carbonyl (C=O) groups is 2. The lowest BCUT2D eigenvalue weighted by molar-refractivity contribution is 0.0722. The average molecular weight is 258 g/mol. The normalized spacial score (nSPS) is 24.1.